The normalized spacial score (nSPS) is 12.5. The first-order valence-corrected chi connectivity index (χ1v) is 12.9. The van der Waals surface area contributed by atoms with E-state index in [0.717, 1.165) is 11.2 Å². The van der Waals surface area contributed by atoms with Crippen LogP contribution >= 0.6 is 0 Å². The van der Waals surface area contributed by atoms with Gasteiger partial charge in [-0.3, -0.25) is 0 Å². The zero-order valence-electron chi connectivity index (χ0n) is 18.8. The van der Waals surface area contributed by atoms with E-state index in [2.05, 4.69) is 104 Å². The molecule has 0 saturated carbocycles. The van der Waals surface area contributed by atoms with Crippen molar-refractivity contribution in [1.82, 2.24) is 4.98 Å². The van der Waals surface area contributed by atoms with Gasteiger partial charge in [0.2, 0.25) is 0 Å². The van der Waals surface area contributed by atoms with Crippen molar-refractivity contribution in [2.45, 2.75) is 72.0 Å². The van der Waals surface area contributed by atoms with Gasteiger partial charge in [-0.1, -0.05) is 76.9 Å². The summed E-state index contributed by atoms with van der Waals surface area (Å²) in [4.78, 5) is 5.10. The van der Waals surface area contributed by atoms with Gasteiger partial charge < -0.3 is 0 Å². The first kappa shape index (κ1) is 20.8. The van der Waals surface area contributed by atoms with E-state index in [4.69, 9.17) is 4.98 Å². The number of benzene rings is 2. The second kappa shape index (κ2) is 7.83. The van der Waals surface area contributed by atoms with Crippen LogP contribution in [0.3, 0.4) is 0 Å². The van der Waals surface area contributed by atoms with E-state index in [1.807, 2.05) is 0 Å². The topological polar surface area (TPSA) is 12.9 Å². The number of nitrogens with zero attached hydrogens (tertiary/aromatic N) is 1. The zero-order valence-corrected chi connectivity index (χ0v) is 19.8. The Bertz CT molecular complexity index is 943. The molecule has 1 heterocycles. The minimum absolute atomic E-state index is 0.692. The molecule has 3 aromatic rings. The Morgan fingerprint density at radius 3 is 1.82 bits per heavy atom. The number of aryl methyl sites for hydroxylation is 2. The fourth-order valence-electron chi connectivity index (χ4n) is 5.75. The third-order valence-corrected chi connectivity index (χ3v) is 13.7. The van der Waals surface area contributed by atoms with E-state index >= 15 is 0 Å². The lowest BCUT2D eigenvalue weighted by Crippen LogP contribution is -2.55. The summed E-state index contributed by atoms with van der Waals surface area (Å²) >= 11 is 0. The monoisotopic (exact) mass is 389 g/mol. The summed E-state index contributed by atoms with van der Waals surface area (Å²) in [6, 6.07) is 18.1. The quantitative estimate of drug-likeness (QED) is 0.414. The lowest BCUT2D eigenvalue weighted by atomic mass is 10.0. The Morgan fingerprint density at radius 2 is 1.29 bits per heavy atom. The molecule has 28 heavy (non-hydrogen) atoms. The molecule has 0 aliphatic heterocycles. The number of hydrogen-bond donors (Lipinski definition) is 0. The van der Waals surface area contributed by atoms with Crippen LogP contribution in [0.1, 0.15) is 52.7 Å². The van der Waals surface area contributed by atoms with Crippen molar-refractivity contribution in [2.75, 3.05) is 0 Å². The zero-order chi connectivity index (χ0) is 20.6. The predicted octanol–water partition coefficient (Wildman–Crippen LogP) is 7.40. The van der Waals surface area contributed by atoms with Crippen molar-refractivity contribution in [2.24, 2.45) is 0 Å². The first-order valence-electron chi connectivity index (χ1n) is 10.7. The summed E-state index contributed by atoms with van der Waals surface area (Å²) < 4.78 is 0. The lowest BCUT2D eigenvalue weighted by Gasteiger charge is -2.44. The molecule has 1 nitrogen and oxygen atoms in total. The maximum atomic E-state index is 5.10. The summed E-state index contributed by atoms with van der Waals surface area (Å²) in [5, 5.41) is 2.95. The molecule has 0 bridgehead atoms. The minimum atomic E-state index is -1.72. The van der Waals surface area contributed by atoms with Gasteiger partial charge in [0, 0.05) is 5.56 Å². The Kier molecular flexibility index (Phi) is 5.81. The summed E-state index contributed by atoms with van der Waals surface area (Å²) in [6.07, 6.45) is 0. The van der Waals surface area contributed by atoms with E-state index in [-0.39, 0.29) is 0 Å². The molecule has 0 fully saturated rings. The van der Waals surface area contributed by atoms with Gasteiger partial charge in [-0.05, 0) is 65.3 Å². The van der Waals surface area contributed by atoms with E-state index in [9.17, 15) is 0 Å². The minimum Gasteiger partial charge on any atom is -0.248 e. The maximum Gasteiger partial charge on any atom is 0.0951 e. The molecular weight excluding hydrogens is 354 g/mol. The second-order valence-corrected chi connectivity index (χ2v) is 15.2. The van der Waals surface area contributed by atoms with Gasteiger partial charge >= 0.3 is 0 Å². The molecule has 148 valence electrons. The van der Waals surface area contributed by atoms with Crippen LogP contribution in [-0.2, 0) is 0 Å². The van der Waals surface area contributed by atoms with Gasteiger partial charge in [0.1, 0.15) is 0 Å². The van der Waals surface area contributed by atoms with Crippen LogP contribution in [0.4, 0.5) is 0 Å². The van der Waals surface area contributed by atoms with Gasteiger partial charge in [-0.15, -0.1) is 0 Å². The number of fused-ring (bicyclic) bond motifs is 1. The predicted molar refractivity (Wildman–Crippen MR) is 127 cm³/mol. The van der Waals surface area contributed by atoms with E-state index < -0.39 is 8.07 Å². The average molecular weight is 390 g/mol. The highest BCUT2D eigenvalue weighted by Gasteiger charge is 2.45. The van der Waals surface area contributed by atoms with Crippen LogP contribution in [0.2, 0.25) is 16.6 Å². The summed E-state index contributed by atoms with van der Waals surface area (Å²) in [7, 11) is -1.72. The molecule has 1 aromatic heterocycles. The lowest BCUT2D eigenvalue weighted by molar-refractivity contribution is 0.836. The van der Waals surface area contributed by atoms with Gasteiger partial charge in [0.25, 0.3) is 0 Å². The average Bonchev–Trinajstić information content (AvgIpc) is 2.60. The second-order valence-electron chi connectivity index (χ2n) is 9.34. The summed E-state index contributed by atoms with van der Waals surface area (Å²) in [5.74, 6) is 0. The first-order chi connectivity index (χ1) is 13.2. The Labute approximate surface area is 172 Å². The van der Waals surface area contributed by atoms with E-state index in [1.165, 1.54) is 22.1 Å². The van der Waals surface area contributed by atoms with Crippen LogP contribution < -0.4 is 5.19 Å². The molecule has 0 atom stereocenters. The highest BCUT2D eigenvalue weighted by molar-refractivity contribution is 6.96. The van der Waals surface area contributed by atoms with Gasteiger partial charge in [-0.25, -0.2) is 4.98 Å². The van der Waals surface area contributed by atoms with Crippen molar-refractivity contribution in [3.63, 3.8) is 0 Å². The fraction of sp³-hybridized carbons (Fsp3) is 0.423. The molecule has 0 aliphatic rings. The van der Waals surface area contributed by atoms with Crippen molar-refractivity contribution >= 4 is 24.2 Å². The van der Waals surface area contributed by atoms with Crippen LogP contribution in [-0.4, -0.2) is 13.1 Å². The van der Waals surface area contributed by atoms with Crippen LogP contribution in [0.15, 0.2) is 48.5 Å². The van der Waals surface area contributed by atoms with Crippen molar-refractivity contribution in [1.29, 1.82) is 0 Å². The third-order valence-electron chi connectivity index (χ3n) is 6.58. The smallest absolute Gasteiger partial charge is 0.0951 e. The standard InChI is InChI=1S/C26H35NSi/c1-17(2)28(18(3)4,19(5)6)26-11-9-10-25-23(26)12-13-24(27-25)22-15-20(7)14-21(8)16-22/h9-19H,1-8H3. The molecule has 3 rings (SSSR count). The molecule has 0 amide bonds. The third kappa shape index (κ3) is 3.43. The van der Waals surface area contributed by atoms with Crippen molar-refractivity contribution in [3.8, 4) is 11.3 Å². The molecule has 0 saturated heterocycles. The summed E-state index contributed by atoms with van der Waals surface area (Å²) in [5.41, 5.74) is 8.07. The maximum absolute atomic E-state index is 5.10. The van der Waals surface area contributed by atoms with Crippen LogP contribution in [0.25, 0.3) is 22.2 Å². The largest absolute Gasteiger partial charge is 0.248 e. The number of rotatable bonds is 5. The van der Waals surface area contributed by atoms with Gasteiger partial charge in [0.05, 0.1) is 19.3 Å². The van der Waals surface area contributed by atoms with E-state index in [1.54, 1.807) is 5.19 Å². The molecule has 0 N–H and O–H groups in total. The Balaban J connectivity index is 2.24. The highest BCUT2D eigenvalue weighted by Crippen LogP contribution is 2.42. The molecule has 0 aliphatic carbocycles. The molecule has 0 radical (unpaired) electrons. The molecular formula is C26H35NSi. The number of pyridine rings is 1. The number of hydrogen-bond acceptors (Lipinski definition) is 1. The van der Waals surface area contributed by atoms with Gasteiger partial charge in [0.15, 0.2) is 0 Å². The SMILES string of the molecule is Cc1cc(C)cc(-c2ccc3c([Si](C(C)C)(C(C)C)C(C)C)cccc3n2)c1. The Morgan fingerprint density at radius 1 is 0.714 bits per heavy atom. The van der Waals surface area contributed by atoms with Crippen LogP contribution in [0, 0.1) is 13.8 Å². The van der Waals surface area contributed by atoms with E-state index in [0.29, 0.717) is 16.6 Å². The summed E-state index contributed by atoms with van der Waals surface area (Å²) in [6.45, 7) is 18.9. The van der Waals surface area contributed by atoms with Crippen LogP contribution in [0.5, 0.6) is 0 Å². The van der Waals surface area contributed by atoms with Crippen molar-refractivity contribution in [3.05, 3.63) is 59.7 Å². The molecule has 2 aromatic carbocycles. The molecule has 0 unspecified atom stereocenters. The molecule has 2 heteroatoms. The van der Waals surface area contributed by atoms with Gasteiger partial charge in [-0.2, -0.15) is 0 Å². The fourth-order valence-corrected chi connectivity index (χ4v) is 12.7. The highest BCUT2D eigenvalue weighted by atomic mass is 28.3. The Hall–Kier alpha value is -1.93. The van der Waals surface area contributed by atoms with Crippen molar-refractivity contribution < 1.29 is 0 Å². The number of aromatic nitrogens is 1. The molecule has 0 spiro atoms.